The van der Waals surface area contributed by atoms with Crippen LogP contribution in [0, 0.1) is 6.92 Å². The van der Waals surface area contributed by atoms with Gasteiger partial charge in [-0.2, -0.15) is 0 Å². The van der Waals surface area contributed by atoms with Crippen molar-refractivity contribution in [2.45, 2.75) is 39.8 Å². The SMILES string of the molecule is CCC(C)NC(=O)c1cccc(Cn2c(=O)[nH]c3ccc(C)cc3c2=O)c1. The molecule has 2 aromatic carbocycles. The van der Waals surface area contributed by atoms with E-state index < -0.39 is 5.69 Å². The van der Waals surface area contributed by atoms with Gasteiger partial charge in [-0.3, -0.25) is 14.2 Å². The lowest BCUT2D eigenvalue weighted by Crippen LogP contribution is -2.35. The summed E-state index contributed by atoms with van der Waals surface area (Å²) in [5, 5.41) is 3.39. The van der Waals surface area contributed by atoms with Crippen molar-refractivity contribution in [1.82, 2.24) is 14.9 Å². The van der Waals surface area contributed by atoms with Crippen molar-refractivity contribution in [3.63, 3.8) is 0 Å². The number of nitrogens with zero attached hydrogens (tertiary/aromatic N) is 1. The van der Waals surface area contributed by atoms with Crippen LogP contribution in [-0.4, -0.2) is 21.5 Å². The molecular formula is C21H23N3O3. The molecule has 1 atom stereocenters. The third-order valence-corrected chi connectivity index (χ3v) is 4.66. The van der Waals surface area contributed by atoms with Crippen molar-refractivity contribution in [3.8, 4) is 0 Å². The number of rotatable bonds is 5. The van der Waals surface area contributed by atoms with Crippen LogP contribution in [0.1, 0.15) is 41.8 Å². The molecule has 0 aliphatic heterocycles. The Morgan fingerprint density at radius 3 is 2.70 bits per heavy atom. The minimum atomic E-state index is -0.467. The molecular weight excluding hydrogens is 342 g/mol. The Labute approximate surface area is 156 Å². The van der Waals surface area contributed by atoms with E-state index in [1.54, 1.807) is 36.4 Å². The molecule has 0 saturated carbocycles. The Hall–Kier alpha value is -3.15. The largest absolute Gasteiger partial charge is 0.350 e. The molecule has 6 nitrogen and oxygen atoms in total. The van der Waals surface area contributed by atoms with E-state index in [0.717, 1.165) is 16.6 Å². The van der Waals surface area contributed by atoms with Crippen molar-refractivity contribution in [3.05, 3.63) is 80.0 Å². The molecule has 0 fully saturated rings. The number of carbonyl (C=O) groups excluding carboxylic acids is 1. The molecule has 1 amide bonds. The molecule has 27 heavy (non-hydrogen) atoms. The number of carbonyl (C=O) groups is 1. The summed E-state index contributed by atoms with van der Waals surface area (Å²) in [6.45, 7) is 5.94. The summed E-state index contributed by atoms with van der Waals surface area (Å²) in [5.74, 6) is -0.165. The highest BCUT2D eigenvalue weighted by molar-refractivity contribution is 5.94. The topological polar surface area (TPSA) is 84.0 Å². The van der Waals surface area contributed by atoms with Gasteiger partial charge in [0.2, 0.25) is 0 Å². The van der Waals surface area contributed by atoms with Crippen LogP contribution in [-0.2, 0) is 6.54 Å². The first-order chi connectivity index (χ1) is 12.9. The van der Waals surface area contributed by atoms with Crippen LogP contribution in [0.5, 0.6) is 0 Å². The molecule has 2 N–H and O–H groups in total. The van der Waals surface area contributed by atoms with Crippen molar-refractivity contribution < 1.29 is 4.79 Å². The van der Waals surface area contributed by atoms with Gasteiger partial charge in [0, 0.05) is 11.6 Å². The first kappa shape index (κ1) is 18.6. The van der Waals surface area contributed by atoms with Gasteiger partial charge in [-0.05, 0) is 50.1 Å². The number of benzene rings is 2. The number of amides is 1. The molecule has 3 rings (SSSR count). The normalized spacial score (nSPS) is 12.1. The average Bonchev–Trinajstić information content (AvgIpc) is 2.66. The standard InChI is InChI=1S/C21H23N3O3/c1-4-14(3)22-19(25)16-7-5-6-15(11-16)12-24-20(26)17-10-13(2)8-9-18(17)23-21(24)27/h5-11,14H,4,12H2,1-3H3,(H,22,25)(H,23,27). The highest BCUT2D eigenvalue weighted by Gasteiger charge is 2.11. The van der Waals surface area contributed by atoms with Gasteiger partial charge in [-0.1, -0.05) is 30.7 Å². The Morgan fingerprint density at radius 2 is 1.96 bits per heavy atom. The number of fused-ring (bicyclic) bond motifs is 1. The smallest absolute Gasteiger partial charge is 0.329 e. The molecule has 0 bridgehead atoms. The zero-order chi connectivity index (χ0) is 19.6. The van der Waals surface area contributed by atoms with E-state index in [1.165, 1.54) is 0 Å². The molecule has 1 unspecified atom stereocenters. The van der Waals surface area contributed by atoms with Crippen LogP contribution >= 0.6 is 0 Å². The van der Waals surface area contributed by atoms with E-state index in [2.05, 4.69) is 10.3 Å². The fraction of sp³-hybridized carbons (Fsp3) is 0.286. The molecule has 0 saturated heterocycles. The second kappa shape index (κ2) is 7.61. The number of H-pyrrole nitrogens is 1. The summed E-state index contributed by atoms with van der Waals surface area (Å²) in [6, 6.07) is 12.4. The minimum absolute atomic E-state index is 0.0790. The predicted octanol–water partition coefficient (Wildman–Crippen LogP) is 2.57. The van der Waals surface area contributed by atoms with E-state index in [0.29, 0.717) is 22.0 Å². The Kier molecular flexibility index (Phi) is 5.26. The highest BCUT2D eigenvalue weighted by Crippen LogP contribution is 2.10. The van der Waals surface area contributed by atoms with Gasteiger partial charge in [0.25, 0.3) is 11.5 Å². The monoisotopic (exact) mass is 365 g/mol. The Bertz CT molecular complexity index is 1110. The van der Waals surface area contributed by atoms with E-state index in [1.807, 2.05) is 26.8 Å². The van der Waals surface area contributed by atoms with Crippen LogP contribution in [0.15, 0.2) is 52.1 Å². The molecule has 0 spiro atoms. The number of nitrogens with one attached hydrogen (secondary N) is 2. The summed E-state index contributed by atoms with van der Waals surface area (Å²) in [6.07, 6.45) is 0.840. The summed E-state index contributed by atoms with van der Waals surface area (Å²) in [7, 11) is 0. The highest BCUT2D eigenvalue weighted by atomic mass is 16.2. The van der Waals surface area contributed by atoms with Gasteiger partial charge >= 0.3 is 5.69 Å². The van der Waals surface area contributed by atoms with Gasteiger partial charge < -0.3 is 10.3 Å². The van der Waals surface area contributed by atoms with Gasteiger partial charge in [0.1, 0.15) is 0 Å². The van der Waals surface area contributed by atoms with Crippen LogP contribution in [0.25, 0.3) is 10.9 Å². The summed E-state index contributed by atoms with van der Waals surface area (Å²) >= 11 is 0. The average molecular weight is 365 g/mol. The summed E-state index contributed by atoms with van der Waals surface area (Å²) in [5.41, 5.74) is 1.88. The van der Waals surface area contributed by atoms with Crippen molar-refractivity contribution in [2.24, 2.45) is 0 Å². The van der Waals surface area contributed by atoms with Crippen LogP contribution in [0.4, 0.5) is 0 Å². The molecule has 3 aromatic rings. The first-order valence-corrected chi connectivity index (χ1v) is 9.02. The number of aromatic amines is 1. The van der Waals surface area contributed by atoms with Gasteiger partial charge in [0.05, 0.1) is 17.4 Å². The van der Waals surface area contributed by atoms with Crippen LogP contribution in [0.3, 0.4) is 0 Å². The molecule has 1 aromatic heterocycles. The van der Waals surface area contributed by atoms with Crippen LogP contribution in [0.2, 0.25) is 0 Å². The number of aromatic nitrogens is 2. The molecule has 6 heteroatoms. The second-order valence-corrected chi connectivity index (χ2v) is 6.85. The van der Waals surface area contributed by atoms with Crippen LogP contribution < -0.4 is 16.6 Å². The van der Waals surface area contributed by atoms with Crippen molar-refractivity contribution in [1.29, 1.82) is 0 Å². The van der Waals surface area contributed by atoms with E-state index in [9.17, 15) is 14.4 Å². The minimum Gasteiger partial charge on any atom is -0.350 e. The Balaban J connectivity index is 1.96. The quantitative estimate of drug-likeness (QED) is 0.729. The van der Waals surface area contributed by atoms with Gasteiger partial charge in [-0.15, -0.1) is 0 Å². The van der Waals surface area contributed by atoms with E-state index in [4.69, 9.17) is 0 Å². The molecule has 0 radical (unpaired) electrons. The van der Waals surface area contributed by atoms with Crippen molar-refractivity contribution in [2.75, 3.05) is 0 Å². The lowest BCUT2D eigenvalue weighted by Gasteiger charge is -2.12. The lowest BCUT2D eigenvalue weighted by molar-refractivity contribution is 0.0939. The van der Waals surface area contributed by atoms with E-state index in [-0.39, 0.29) is 24.1 Å². The fourth-order valence-electron chi connectivity index (χ4n) is 2.91. The molecule has 0 aliphatic rings. The first-order valence-electron chi connectivity index (χ1n) is 9.02. The van der Waals surface area contributed by atoms with Gasteiger partial charge in [0.15, 0.2) is 0 Å². The summed E-state index contributed by atoms with van der Waals surface area (Å²) < 4.78 is 1.16. The predicted molar refractivity (Wildman–Crippen MR) is 106 cm³/mol. The summed E-state index contributed by atoms with van der Waals surface area (Å²) in [4.78, 5) is 40.2. The second-order valence-electron chi connectivity index (χ2n) is 6.85. The van der Waals surface area contributed by atoms with Gasteiger partial charge in [-0.25, -0.2) is 4.79 Å². The van der Waals surface area contributed by atoms with Crippen molar-refractivity contribution >= 4 is 16.8 Å². The third kappa shape index (κ3) is 4.00. The number of hydrogen-bond donors (Lipinski definition) is 2. The lowest BCUT2D eigenvalue weighted by atomic mass is 10.1. The zero-order valence-electron chi connectivity index (χ0n) is 15.7. The maximum Gasteiger partial charge on any atom is 0.329 e. The fourth-order valence-corrected chi connectivity index (χ4v) is 2.91. The number of hydrogen-bond acceptors (Lipinski definition) is 3. The molecule has 0 aliphatic carbocycles. The maximum atomic E-state index is 12.8. The third-order valence-electron chi connectivity index (χ3n) is 4.66. The molecule has 140 valence electrons. The number of aryl methyl sites for hydroxylation is 1. The molecule has 1 heterocycles. The maximum absolute atomic E-state index is 12.8. The Morgan fingerprint density at radius 1 is 1.19 bits per heavy atom. The van der Waals surface area contributed by atoms with E-state index >= 15 is 0 Å². The zero-order valence-corrected chi connectivity index (χ0v) is 15.7.